The maximum Gasteiger partial charge on any atom is 0.318 e. The molecule has 2 saturated heterocycles. The van der Waals surface area contributed by atoms with Crippen molar-refractivity contribution in [1.29, 1.82) is 0 Å². The number of anilines is 2. The number of nitrogens with two attached hydrogens (primary N) is 2. The van der Waals surface area contributed by atoms with Gasteiger partial charge in [0.2, 0.25) is 0 Å². The van der Waals surface area contributed by atoms with Crippen LogP contribution in [0, 0.1) is 5.82 Å². The zero-order valence-corrected chi connectivity index (χ0v) is 28.4. The van der Waals surface area contributed by atoms with Crippen LogP contribution >= 0.6 is 34.8 Å². The van der Waals surface area contributed by atoms with Gasteiger partial charge < -0.3 is 31.2 Å². The van der Waals surface area contributed by atoms with E-state index in [1.54, 1.807) is 0 Å². The third kappa shape index (κ3) is 7.59. The molecule has 2 unspecified atom stereocenters. The lowest BCUT2D eigenvalue weighted by Crippen LogP contribution is -2.34. The molecule has 2 aromatic rings. The second-order valence-electron chi connectivity index (χ2n) is 11.6. The standard InChI is InChI=1S/C23H25Cl3FN7O3.C8H12FN/c1-30-22(35)20(29)18(26)14-8-34(5-3-4-31-14)21-10-9-37-15(7-13(10)32-23(33-21)36-2)16-17(25)11(24)6-12(28)19(16)27;9-5-7-4-8-2-1-3-10(8)6-7/h6,15H,3-5,7-9,28-29H2,1-2H3,(H,30,35);5,8H,1-4,6H2/b20-18+;7-5-. The number of methoxy groups -OCH3 is 1. The molecule has 1 aromatic heterocycles. The highest BCUT2D eigenvalue weighted by Gasteiger charge is 2.33. The van der Waals surface area contributed by atoms with Crippen molar-refractivity contribution in [3.05, 3.63) is 61.4 Å². The fourth-order valence-electron chi connectivity index (χ4n) is 6.23. The topological polar surface area (TPSA) is 144 Å². The minimum absolute atomic E-state index is 0.0339. The zero-order chi connectivity index (χ0) is 33.8. The molecule has 5 N–H and O–H groups in total. The van der Waals surface area contributed by atoms with Crippen LogP contribution in [-0.2, 0) is 22.6 Å². The predicted octanol–water partition coefficient (Wildman–Crippen LogP) is 4.84. The molecule has 16 heteroatoms. The van der Waals surface area contributed by atoms with Crippen molar-refractivity contribution in [3.8, 4) is 6.01 Å². The number of amides is 1. The molecule has 254 valence electrons. The summed E-state index contributed by atoms with van der Waals surface area (Å²) < 4.78 is 38.4. The van der Waals surface area contributed by atoms with Gasteiger partial charge in [0.1, 0.15) is 11.5 Å². The van der Waals surface area contributed by atoms with Crippen LogP contribution in [0.4, 0.5) is 20.3 Å². The van der Waals surface area contributed by atoms with Crippen molar-refractivity contribution in [2.45, 2.75) is 50.9 Å². The quantitative estimate of drug-likeness (QED) is 0.225. The number of aliphatic imine (C=N–C) groups is 1. The molecule has 0 saturated carbocycles. The smallest absolute Gasteiger partial charge is 0.318 e. The molecule has 0 spiro atoms. The summed E-state index contributed by atoms with van der Waals surface area (Å²) in [5.41, 5.74) is 14.2. The molecule has 5 heterocycles. The van der Waals surface area contributed by atoms with Crippen LogP contribution in [0.15, 0.2) is 33.7 Å². The first-order chi connectivity index (χ1) is 22.6. The lowest BCUT2D eigenvalue weighted by atomic mass is 9.98. The van der Waals surface area contributed by atoms with Crippen molar-refractivity contribution in [3.63, 3.8) is 0 Å². The van der Waals surface area contributed by atoms with Gasteiger partial charge in [-0.3, -0.25) is 14.7 Å². The Morgan fingerprint density at radius 2 is 2.00 bits per heavy atom. The fraction of sp³-hybridized carbons (Fsp3) is 0.484. The van der Waals surface area contributed by atoms with E-state index in [0.29, 0.717) is 48.3 Å². The average molecular weight is 714 g/mol. The second kappa shape index (κ2) is 15.3. The maximum atomic E-state index is 14.9. The van der Waals surface area contributed by atoms with E-state index in [2.05, 4.69) is 25.2 Å². The number of rotatable bonds is 5. The second-order valence-corrected chi connectivity index (χ2v) is 12.8. The van der Waals surface area contributed by atoms with E-state index in [4.69, 9.17) is 55.7 Å². The number of nitrogens with zero attached hydrogens (tertiary/aromatic N) is 5. The van der Waals surface area contributed by atoms with E-state index in [1.165, 1.54) is 39.6 Å². The number of carbonyl (C=O) groups excluding carboxylic acids is 1. The summed E-state index contributed by atoms with van der Waals surface area (Å²) in [6.07, 6.45) is 4.45. The van der Waals surface area contributed by atoms with Gasteiger partial charge in [0.15, 0.2) is 5.82 Å². The number of fused-ring (bicyclic) bond motifs is 2. The summed E-state index contributed by atoms with van der Waals surface area (Å²) in [6, 6.07) is 2.07. The Bertz CT molecular complexity index is 1580. The number of carbonyl (C=O) groups is 1. The summed E-state index contributed by atoms with van der Waals surface area (Å²) >= 11 is 18.9. The Labute approximate surface area is 286 Å². The highest BCUT2D eigenvalue weighted by molar-refractivity contribution is 6.46. The van der Waals surface area contributed by atoms with Crippen LogP contribution in [0.1, 0.15) is 48.6 Å². The third-order valence-corrected chi connectivity index (χ3v) is 9.85. The molecule has 6 rings (SSSR count). The highest BCUT2D eigenvalue weighted by atomic mass is 35.5. The van der Waals surface area contributed by atoms with Crippen molar-refractivity contribution in [2.75, 3.05) is 57.5 Å². The Morgan fingerprint density at radius 1 is 1.21 bits per heavy atom. The molecule has 0 radical (unpaired) electrons. The molecule has 1 amide bonds. The summed E-state index contributed by atoms with van der Waals surface area (Å²) in [4.78, 5) is 29.9. The third-order valence-electron chi connectivity index (χ3n) is 8.63. The first-order valence-electron chi connectivity index (χ1n) is 15.2. The van der Waals surface area contributed by atoms with Crippen LogP contribution in [0.3, 0.4) is 0 Å². The zero-order valence-electron chi connectivity index (χ0n) is 26.1. The van der Waals surface area contributed by atoms with Crippen LogP contribution in [0.25, 0.3) is 0 Å². The van der Waals surface area contributed by atoms with Crippen molar-refractivity contribution in [2.24, 2.45) is 10.7 Å². The Morgan fingerprint density at radius 3 is 2.70 bits per heavy atom. The van der Waals surface area contributed by atoms with Gasteiger partial charge in [0.05, 0.1) is 64.9 Å². The van der Waals surface area contributed by atoms with Crippen molar-refractivity contribution < 1.29 is 23.0 Å². The molecule has 2 fully saturated rings. The monoisotopic (exact) mass is 712 g/mol. The number of benzene rings is 1. The summed E-state index contributed by atoms with van der Waals surface area (Å²) in [5.74, 6) is -0.640. The SMILES string of the molecule is CNC(=O)/C(N)=C(\Cl)C1=NCCCN(c2nc(OC)nc3c2COC(c2c(F)c(N)cc(Cl)c2Cl)C3)C1.F/C=C1/CC2CCCN2C1. The van der Waals surface area contributed by atoms with E-state index in [9.17, 15) is 13.6 Å². The van der Waals surface area contributed by atoms with Gasteiger partial charge in [-0.1, -0.05) is 34.8 Å². The van der Waals surface area contributed by atoms with Crippen molar-refractivity contribution in [1.82, 2.24) is 20.2 Å². The number of nitrogen functional groups attached to an aromatic ring is 1. The molecular formula is C31H37Cl3F2N8O3. The number of hydrogen-bond donors (Lipinski definition) is 3. The van der Waals surface area contributed by atoms with Gasteiger partial charge in [-0.05, 0) is 43.9 Å². The Hall–Kier alpha value is -3.23. The van der Waals surface area contributed by atoms with Crippen LogP contribution in [0.2, 0.25) is 10.0 Å². The molecule has 47 heavy (non-hydrogen) atoms. The van der Waals surface area contributed by atoms with Crippen LogP contribution in [0.5, 0.6) is 6.01 Å². The predicted molar refractivity (Wildman–Crippen MR) is 179 cm³/mol. The van der Waals surface area contributed by atoms with Gasteiger partial charge in [0, 0.05) is 50.3 Å². The minimum Gasteiger partial charge on any atom is -0.467 e. The van der Waals surface area contributed by atoms with Crippen molar-refractivity contribution >= 4 is 57.9 Å². The van der Waals surface area contributed by atoms with E-state index in [-0.39, 0.29) is 57.6 Å². The van der Waals surface area contributed by atoms with Gasteiger partial charge in [0.25, 0.3) is 5.91 Å². The molecule has 4 aliphatic rings. The van der Waals surface area contributed by atoms with Gasteiger partial charge in [-0.2, -0.15) is 9.97 Å². The number of nitrogens with one attached hydrogen (secondary N) is 1. The normalized spacial score (nSPS) is 22.4. The van der Waals surface area contributed by atoms with E-state index < -0.39 is 17.8 Å². The molecule has 4 aliphatic heterocycles. The number of likely N-dealkylation sites (N-methyl/N-ethyl adjacent to an activating group) is 1. The number of aromatic nitrogens is 2. The number of hydrogen-bond acceptors (Lipinski definition) is 10. The lowest BCUT2D eigenvalue weighted by Gasteiger charge is -2.31. The fourth-order valence-corrected chi connectivity index (χ4v) is 6.92. The van der Waals surface area contributed by atoms with Crippen LogP contribution in [-0.4, -0.2) is 79.4 Å². The highest BCUT2D eigenvalue weighted by Crippen LogP contribution is 2.42. The molecule has 11 nitrogen and oxygen atoms in total. The van der Waals surface area contributed by atoms with E-state index in [0.717, 1.165) is 24.9 Å². The van der Waals surface area contributed by atoms with E-state index in [1.807, 2.05) is 4.90 Å². The first-order valence-corrected chi connectivity index (χ1v) is 16.4. The summed E-state index contributed by atoms with van der Waals surface area (Å²) in [6.45, 7) is 3.44. The average Bonchev–Trinajstić information content (AvgIpc) is 3.60. The number of ether oxygens (including phenoxy) is 2. The van der Waals surface area contributed by atoms with E-state index >= 15 is 0 Å². The summed E-state index contributed by atoms with van der Waals surface area (Å²) in [7, 11) is 2.92. The Kier molecular flexibility index (Phi) is 11.4. The molecule has 1 aromatic carbocycles. The van der Waals surface area contributed by atoms with Gasteiger partial charge in [-0.25, -0.2) is 8.78 Å². The van der Waals surface area contributed by atoms with Gasteiger partial charge >= 0.3 is 6.01 Å². The lowest BCUT2D eigenvalue weighted by molar-refractivity contribution is -0.117. The van der Waals surface area contributed by atoms with Gasteiger partial charge in [-0.15, -0.1) is 0 Å². The summed E-state index contributed by atoms with van der Waals surface area (Å²) in [5, 5.41) is 2.68. The Balaban J connectivity index is 0.000000365. The van der Waals surface area contributed by atoms with Crippen LogP contribution < -0.4 is 26.4 Å². The minimum atomic E-state index is -0.778. The number of halogens is 5. The maximum absolute atomic E-state index is 14.9. The molecule has 0 aliphatic carbocycles. The molecule has 0 bridgehead atoms. The largest absolute Gasteiger partial charge is 0.467 e. The first kappa shape index (κ1) is 35.1. The molecular weight excluding hydrogens is 677 g/mol. The molecule has 2 atom stereocenters.